The molecule has 2 aliphatic rings. The van der Waals surface area contributed by atoms with Gasteiger partial charge in [0.2, 0.25) is 5.91 Å². The third kappa shape index (κ3) is 3.74. The third-order valence-electron chi connectivity index (χ3n) is 5.99. The van der Waals surface area contributed by atoms with Crippen molar-refractivity contribution < 1.29 is 4.79 Å². The molecule has 1 aromatic heterocycles. The standard InChI is InChI=1S/C19H29N3O/c1-21(2)17-9-15-11-18(12-16(15)10-17)22(3)19(23)7-6-14-5-4-8-20-13-14/h4-5,8,13,15-18H,6-7,9-12H2,1-3H3/t15-,16+,17?,18?. The summed E-state index contributed by atoms with van der Waals surface area (Å²) >= 11 is 0. The van der Waals surface area contributed by atoms with Gasteiger partial charge in [0, 0.05) is 37.9 Å². The van der Waals surface area contributed by atoms with E-state index < -0.39 is 0 Å². The molecule has 4 nitrogen and oxygen atoms in total. The SMILES string of the molecule is CN(C)C1C[C@@H]2CC(N(C)C(=O)CCc3cccnc3)C[C@@H]2C1. The van der Waals surface area contributed by atoms with Gasteiger partial charge in [-0.1, -0.05) is 6.07 Å². The van der Waals surface area contributed by atoms with Crippen molar-refractivity contribution >= 4 is 5.91 Å². The molecule has 0 spiro atoms. The summed E-state index contributed by atoms with van der Waals surface area (Å²) < 4.78 is 0. The number of rotatable bonds is 5. The van der Waals surface area contributed by atoms with Crippen molar-refractivity contribution in [2.24, 2.45) is 11.8 Å². The molecule has 0 saturated heterocycles. The van der Waals surface area contributed by atoms with Crippen LogP contribution in [-0.4, -0.2) is 53.9 Å². The van der Waals surface area contributed by atoms with Crippen molar-refractivity contribution in [2.75, 3.05) is 21.1 Å². The molecular weight excluding hydrogens is 286 g/mol. The largest absolute Gasteiger partial charge is 0.343 e. The molecular formula is C19H29N3O. The average Bonchev–Trinajstić information content (AvgIpc) is 3.11. The van der Waals surface area contributed by atoms with E-state index in [9.17, 15) is 4.79 Å². The van der Waals surface area contributed by atoms with E-state index in [-0.39, 0.29) is 5.91 Å². The zero-order valence-corrected chi connectivity index (χ0v) is 14.6. The van der Waals surface area contributed by atoms with Crippen LogP contribution in [0.3, 0.4) is 0 Å². The van der Waals surface area contributed by atoms with Crippen LogP contribution in [0.2, 0.25) is 0 Å². The van der Waals surface area contributed by atoms with E-state index >= 15 is 0 Å². The van der Waals surface area contributed by atoms with Gasteiger partial charge in [0.05, 0.1) is 0 Å². The van der Waals surface area contributed by atoms with Crippen LogP contribution >= 0.6 is 0 Å². The second kappa shape index (κ2) is 7.00. The highest BCUT2D eigenvalue weighted by Crippen LogP contribution is 2.46. The average molecular weight is 315 g/mol. The number of hydrogen-bond acceptors (Lipinski definition) is 3. The molecule has 0 aliphatic heterocycles. The van der Waals surface area contributed by atoms with E-state index in [2.05, 4.69) is 24.0 Å². The highest BCUT2D eigenvalue weighted by Gasteiger charge is 2.43. The number of pyridine rings is 1. The Morgan fingerprint density at radius 2 is 1.78 bits per heavy atom. The minimum Gasteiger partial charge on any atom is -0.343 e. The van der Waals surface area contributed by atoms with E-state index in [4.69, 9.17) is 0 Å². The van der Waals surface area contributed by atoms with E-state index in [1.165, 1.54) is 25.7 Å². The normalized spacial score (nSPS) is 29.7. The van der Waals surface area contributed by atoms with Gasteiger partial charge in [0.25, 0.3) is 0 Å². The summed E-state index contributed by atoms with van der Waals surface area (Å²) in [5.41, 5.74) is 1.14. The number of aryl methyl sites for hydroxylation is 1. The third-order valence-corrected chi connectivity index (χ3v) is 5.99. The first-order chi connectivity index (χ1) is 11.0. The maximum atomic E-state index is 12.5. The Hall–Kier alpha value is -1.42. The van der Waals surface area contributed by atoms with Gasteiger partial charge in [0.1, 0.15) is 0 Å². The van der Waals surface area contributed by atoms with Gasteiger partial charge in [-0.15, -0.1) is 0 Å². The van der Waals surface area contributed by atoms with Crippen LogP contribution in [0.5, 0.6) is 0 Å². The maximum absolute atomic E-state index is 12.5. The molecule has 23 heavy (non-hydrogen) atoms. The molecule has 2 saturated carbocycles. The Kier molecular flexibility index (Phi) is 5.00. The predicted octanol–water partition coefficient (Wildman–Crippen LogP) is 2.59. The second-order valence-electron chi connectivity index (χ2n) is 7.60. The summed E-state index contributed by atoms with van der Waals surface area (Å²) in [6, 6.07) is 5.18. The molecule has 4 heteroatoms. The van der Waals surface area contributed by atoms with Crippen LogP contribution in [-0.2, 0) is 11.2 Å². The van der Waals surface area contributed by atoms with Gasteiger partial charge < -0.3 is 9.80 Å². The Bertz CT molecular complexity index is 517. The first-order valence-corrected chi connectivity index (χ1v) is 8.85. The Labute approximate surface area is 139 Å². The van der Waals surface area contributed by atoms with E-state index in [1.807, 2.05) is 30.3 Å². The summed E-state index contributed by atoms with van der Waals surface area (Å²) in [5, 5.41) is 0. The lowest BCUT2D eigenvalue weighted by molar-refractivity contribution is -0.131. The van der Waals surface area contributed by atoms with Gasteiger partial charge in [0.15, 0.2) is 0 Å². The summed E-state index contributed by atoms with van der Waals surface area (Å²) in [5.74, 6) is 1.92. The van der Waals surface area contributed by atoms with Crippen LogP contribution in [0, 0.1) is 11.8 Å². The van der Waals surface area contributed by atoms with Crippen molar-refractivity contribution in [1.82, 2.24) is 14.8 Å². The minimum absolute atomic E-state index is 0.281. The van der Waals surface area contributed by atoms with Crippen LogP contribution < -0.4 is 0 Å². The summed E-state index contributed by atoms with van der Waals surface area (Å²) in [6.45, 7) is 0. The number of nitrogens with zero attached hydrogens (tertiary/aromatic N) is 3. The van der Waals surface area contributed by atoms with Crippen molar-refractivity contribution in [3.63, 3.8) is 0 Å². The predicted molar refractivity (Wildman–Crippen MR) is 92.0 cm³/mol. The fourth-order valence-corrected chi connectivity index (χ4v) is 4.47. The highest BCUT2D eigenvalue weighted by molar-refractivity contribution is 5.76. The zero-order chi connectivity index (χ0) is 16.4. The van der Waals surface area contributed by atoms with Crippen LogP contribution in [0.4, 0.5) is 0 Å². The molecule has 2 aliphatic carbocycles. The molecule has 1 aromatic rings. The second-order valence-corrected chi connectivity index (χ2v) is 7.60. The molecule has 4 atom stereocenters. The number of amides is 1. The van der Waals surface area contributed by atoms with Gasteiger partial charge in [-0.3, -0.25) is 9.78 Å². The van der Waals surface area contributed by atoms with Crippen molar-refractivity contribution in [3.05, 3.63) is 30.1 Å². The number of fused-ring (bicyclic) bond motifs is 1. The number of hydrogen-bond donors (Lipinski definition) is 0. The molecule has 1 amide bonds. The Morgan fingerprint density at radius 1 is 1.13 bits per heavy atom. The lowest BCUT2D eigenvalue weighted by Crippen LogP contribution is -2.36. The quantitative estimate of drug-likeness (QED) is 0.838. The molecule has 0 N–H and O–H groups in total. The molecule has 1 heterocycles. The molecule has 2 unspecified atom stereocenters. The van der Waals surface area contributed by atoms with E-state index in [0.29, 0.717) is 12.5 Å². The van der Waals surface area contributed by atoms with Gasteiger partial charge >= 0.3 is 0 Å². The first kappa shape index (κ1) is 16.4. The fraction of sp³-hybridized carbons (Fsp3) is 0.684. The van der Waals surface area contributed by atoms with Crippen molar-refractivity contribution in [3.8, 4) is 0 Å². The summed E-state index contributed by atoms with van der Waals surface area (Å²) in [7, 11) is 6.38. The number of carbonyl (C=O) groups is 1. The molecule has 3 rings (SSSR count). The smallest absolute Gasteiger partial charge is 0.222 e. The Balaban J connectivity index is 1.48. The molecule has 2 fully saturated rings. The number of carbonyl (C=O) groups excluding carboxylic acids is 1. The fourth-order valence-electron chi connectivity index (χ4n) is 4.47. The molecule has 0 aromatic carbocycles. The molecule has 0 radical (unpaired) electrons. The first-order valence-electron chi connectivity index (χ1n) is 8.85. The topological polar surface area (TPSA) is 36.4 Å². The van der Waals surface area contributed by atoms with Crippen molar-refractivity contribution in [1.29, 1.82) is 0 Å². The van der Waals surface area contributed by atoms with Crippen LogP contribution in [0.1, 0.15) is 37.7 Å². The van der Waals surface area contributed by atoms with Gasteiger partial charge in [-0.25, -0.2) is 0 Å². The van der Waals surface area contributed by atoms with Gasteiger partial charge in [-0.2, -0.15) is 0 Å². The molecule has 0 bridgehead atoms. The van der Waals surface area contributed by atoms with E-state index in [1.54, 1.807) is 6.20 Å². The number of aromatic nitrogens is 1. The zero-order valence-electron chi connectivity index (χ0n) is 14.6. The van der Waals surface area contributed by atoms with Crippen LogP contribution in [0.15, 0.2) is 24.5 Å². The van der Waals surface area contributed by atoms with Gasteiger partial charge in [-0.05, 0) is 69.7 Å². The summed E-state index contributed by atoms with van der Waals surface area (Å²) in [4.78, 5) is 21.0. The van der Waals surface area contributed by atoms with E-state index in [0.717, 1.165) is 29.9 Å². The van der Waals surface area contributed by atoms with Crippen molar-refractivity contribution in [2.45, 2.75) is 50.6 Å². The highest BCUT2D eigenvalue weighted by atomic mass is 16.2. The Morgan fingerprint density at radius 3 is 2.35 bits per heavy atom. The maximum Gasteiger partial charge on any atom is 0.222 e. The lowest BCUT2D eigenvalue weighted by atomic mass is 10.0. The summed E-state index contributed by atoms with van der Waals surface area (Å²) in [6.07, 6.45) is 10.0. The minimum atomic E-state index is 0.281. The molecule has 126 valence electrons. The van der Waals surface area contributed by atoms with Crippen LogP contribution in [0.25, 0.3) is 0 Å². The monoisotopic (exact) mass is 315 g/mol. The lowest BCUT2D eigenvalue weighted by Gasteiger charge is -2.27.